The highest BCUT2D eigenvalue weighted by atomic mass is 19.4. The summed E-state index contributed by atoms with van der Waals surface area (Å²) >= 11 is 0. The van der Waals surface area contributed by atoms with Gasteiger partial charge in [-0.3, -0.25) is 0 Å². The van der Waals surface area contributed by atoms with E-state index in [9.17, 15) is 13.2 Å². The topological polar surface area (TPSA) is 44.5 Å². The first-order valence-electron chi connectivity index (χ1n) is 5.59. The zero-order chi connectivity index (χ0) is 13.2. The molecular formula is C12H14F3NO2. The lowest BCUT2D eigenvalue weighted by atomic mass is 10.0. The maximum Gasteiger partial charge on any atom is 0.416 e. The minimum absolute atomic E-state index is 0.0156. The Morgan fingerprint density at radius 3 is 2.67 bits per heavy atom. The Balaban J connectivity index is 1.98. The van der Waals surface area contributed by atoms with Gasteiger partial charge in [0.1, 0.15) is 6.10 Å². The summed E-state index contributed by atoms with van der Waals surface area (Å²) in [6.07, 6.45) is -4.33. The van der Waals surface area contributed by atoms with Gasteiger partial charge in [0.25, 0.3) is 0 Å². The normalized spacial score (nSPS) is 18.4. The molecule has 2 N–H and O–H groups in total. The van der Waals surface area contributed by atoms with Crippen LogP contribution in [0.15, 0.2) is 24.3 Å². The number of alkyl halides is 3. The Hall–Kier alpha value is -1.11. The van der Waals surface area contributed by atoms with Gasteiger partial charge in [-0.2, -0.15) is 13.2 Å². The van der Waals surface area contributed by atoms with Crippen LogP contribution in [0.3, 0.4) is 0 Å². The molecule has 1 fully saturated rings. The highest BCUT2D eigenvalue weighted by Crippen LogP contribution is 2.30. The fourth-order valence-corrected chi connectivity index (χ4v) is 1.59. The molecule has 3 nitrogen and oxygen atoms in total. The molecule has 0 aliphatic carbocycles. The van der Waals surface area contributed by atoms with Crippen molar-refractivity contribution in [1.82, 2.24) is 0 Å². The summed E-state index contributed by atoms with van der Waals surface area (Å²) in [6, 6.07) is 4.44. The number of nitrogens with two attached hydrogens (primary N) is 1. The predicted octanol–water partition coefficient (Wildman–Crippen LogP) is 2.12. The molecule has 0 aromatic heterocycles. The number of hydrogen-bond acceptors (Lipinski definition) is 3. The van der Waals surface area contributed by atoms with E-state index in [2.05, 4.69) is 0 Å². The summed E-state index contributed by atoms with van der Waals surface area (Å²) in [5, 5.41) is 0. The molecule has 0 spiro atoms. The maximum atomic E-state index is 12.5. The number of hydrogen-bond donors (Lipinski definition) is 1. The molecule has 18 heavy (non-hydrogen) atoms. The van der Waals surface area contributed by atoms with Gasteiger partial charge in [-0.05, 0) is 17.7 Å². The molecule has 100 valence electrons. The largest absolute Gasteiger partial charge is 0.416 e. The van der Waals surface area contributed by atoms with E-state index in [1.54, 1.807) is 6.07 Å². The molecule has 1 aromatic rings. The molecule has 6 heteroatoms. The minimum atomic E-state index is -4.35. The van der Waals surface area contributed by atoms with Crippen molar-refractivity contribution in [3.63, 3.8) is 0 Å². The molecular weight excluding hydrogens is 247 g/mol. The molecule has 1 unspecified atom stereocenters. The fourth-order valence-electron chi connectivity index (χ4n) is 1.59. The van der Waals surface area contributed by atoms with Crippen LogP contribution in [-0.2, 0) is 15.7 Å². The summed E-state index contributed by atoms with van der Waals surface area (Å²) in [5.74, 6) is 0. The molecule has 1 aromatic carbocycles. The Labute approximate surface area is 103 Å². The van der Waals surface area contributed by atoms with Gasteiger partial charge in [0, 0.05) is 0 Å². The maximum absolute atomic E-state index is 12.5. The highest BCUT2D eigenvalue weighted by Gasteiger charge is 2.30. The van der Waals surface area contributed by atoms with Crippen LogP contribution in [0.1, 0.15) is 17.2 Å². The van der Waals surface area contributed by atoms with Gasteiger partial charge in [0.05, 0.1) is 31.4 Å². The van der Waals surface area contributed by atoms with Crippen LogP contribution in [0, 0.1) is 0 Å². The molecule has 2 rings (SSSR count). The van der Waals surface area contributed by atoms with E-state index in [0.29, 0.717) is 18.8 Å². The van der Waals surface area contributed by atoms with Crippen molar-refractivity contribution in [2.45, 2.75) is 18.3 Å². The second kappa shape index (κ2) is 5.26. The van der Waals surface area contributed by atoms with Crippen molar-refractivity contribution in [3.8, 4) is 0 Å². The van der Waals surface area contributed by atoms with Gasteiger partial charge in [-0.15, -0.1) is 0 Å². The van der Waals surface area contributed by atoms with Gasteiger partial charge in [-0.25, -0.2) is 0 Å². The van der Waals surface area contributed by atoms with Crippen LogP contribution >= 0.6 is 0 Å². The van der Waals surface area contributed by atoms with Crippen molar-refractivity contribution in [3.05, 3.63) is 35.4 Å². The minimum Gasteiger partial charge on any atom is -0.376 e. The van der Waals surface area contributed by atoms with Crippen LogP contribution in [0.25, 0.3) is 0 Å². The quantitative estimate of drug-likeness (QED) is 0.903. The van der Waals surface area contributed by atoms with Crippen molar-refractivity contribution < 1.29 is 22.6 Å². The van der Waals surface area contributed by atoms with Crippen LogP contribution in [-0.4, -0.2) is 25.9 Å². The first kappa shape index (κ1) is 13.3. The van der Waals surface area contributed by atoms with Gasteiger partial charge < -0.3 is 15.2 Å². The van der Waals surface area contributed by atoms with Crippen LogP contribution < -0.4 is 5.73 Å². The molecule has 1 aliphatic rings. The average Bonchev–Trinajstić information content (AvgIpc) is 2.26. The number of rotatable bonds is 4. The third-order valence-corrected chi connectivity index (χ3v) is 2.76. The van der Waals surface area contributed by atoms with E-state index in [1.165, 1.54) is 6.07 Å². The number of benzene rings is 1. The molecule has 1 saturated heterocycles. The van der Waals surface area contributed by atoms with E-state index in [-0.39, 0.29) is 12.7 Å². The zero-order valence-corrected chi connectivity index (χ0v) is 9.61. The van der Waals surface area contributed by atoms with Crippen LogP contribution in [0.5, 0.6) is 0 Å². The highest BCUT2D eigenvalue weighted by molar-refractivity contribution is 5.27. The summed E-state index contributed by atoms with van der Waals surface area (Å²) in [6.45, 7) is 1.24. The van der Waals surface area contributed by atoms with E-state index in [1.807, 2.05) is 0 Å². The van der Waals surface area contributed by atoms with Gasteiger partial charge in [0.2, 0.25) is 0 Å². The second-order valence-corrected chi connectivity index (χ2v) is 4.22. The molecule has 0 radical (unpaired) electrons. The monoisotopic (exact) mass is 261 g/mol. The molecule has 0 amide bonds. The average molecular weight is 261 g/mol. The Morgan fingerprint density at radius 2 is 2.11 bits per heavy atom. The summed E-state index contributed by atoms with van der Waals surface area (Å²) in [5.41, 5.74) is 5.53. The third kappa shape index (κ3) is 3.22. The first-order valence-corrected chi connectivity index (χ1v) is 5.59. The van der Waals surface area contributed by atoms with Crippen molar-refractivity contribution in [2.24, 2.45) is 5.73 Å². The SMILES string of the molecule is NC(COC1COC1)c1cccc(C(F)(F)F)c1. The molecule has 1 heterocycles. The van der Waals surface area contributed by atoms with Crippen molar-refractivity contribution in [2.75, 3.05) is 19.8 Å². The summed E-state index contributed by atoms with van der Waals surface area (Å²) in [7, 11) is 0. The van der Waals surface area contributed by atoms with Gasteiger partial charge in [0.15, 0.2) is 0 Å². The fraction of sp³-hybridized carbons (Fsp3) is 0.500. The lowest BCUT2D eigenvalue weighted by molar-refractivity contribution is -0.137. The van der Waals surface area contributed by atoms with Crippen LogP contribution in [0.2, 0.25) is 0 Å². The van der Waals surface area contributed by atoms with Gasteiger partial charge in [-0.1, -0.05) is 12.1 Å². The standard InChI is InChI=1S/C12H14F3NO2/c13-12(14,15)9-3-1-2-8(4-9)11(16)7-18-10-5-17-6-10/h1-4,10-11H,5-7,16H2. The number of ether oxygens (including phenoxy) is 2. The van der Waals surface area contributed by atoms with Crippen LogP contribution in [0.4, 0.5) is 13.2 Å². The molecule has 0 saturated carbocycles. The van der Waals surface area contributed by atoms with E-state index >= 15 is 0 Å². The lowest BCUT2D eigenvalue weighted by Crippen LogP contribution is -2.37. The van der Waals surface area contributed by atoms with Gasteiger partial charge >= 0.3 is 6.18 Å². The summed E-state index contributed by atoms with van der Waals surface area (Å²) in [4.78, 5) is 0. The van der Waals surface area contributed by atoms with E-state index in [4.69, 9.17) is 15.2 Å². The molecule has 0 bridgehead atoms. The summed E-state index contributed by atoms with van der Waals surface area (Å²) < 4.78 is 47.9. The Kier molecular flexibility index (Phi) is 3.89. The smallest absolute Gasteiger partial charge is 0.376 e. The second-order valence-electron chi connectivity index (χ2n) is 4.22. The van der Waals surface area contributed by atoms with E-state index < -0.39 is 17.8 Å². The zero-order valence-electron chi connectivity index (χ0n) is 9.61. The lowest BCUT2D eigenvalue weighted by Gasteiger charge is -2.27. The molecule has 1 aliphatic heterocycles. The first-order chi connectivity index (χ1) is 8.47. The predicted molar refractivity (Wildman–Crippen MR) is 58.9 cm³/mol. The van der Waals surface area contributed by atoms with Crippen molar-refractivity contribution in [1.29, 1.82) is 0 Å². The Bertz CT molecular complexity index is 405. The third-order valence-electron chi connectivity index (χ3n) is 2.76. The molecule has 1 atom stereocenters. The van der Waals surface area contributed by atoms with Crippen molar-refractivity contribution >= 4 is 0 Å². The number of halogens is 3. The Morgan fingerprint density at radius 1 is 1.39 bits per heavy atom. The van der Waals surface area contributed by atoms with E-state index in [0.717, 1.165) is 12.1 Å².